The minimum Gasteiger partial charge on any atom is -0.423 e. The van der Waals surface area contributed by atoms with Crippen LogP contribution in [0.2, 0.25) is 5.02 Å². The normalized spacial score (nSPS) is 12.5. The van der Waals surface area contributed by atoms with Gasteiger partial charge in [0.2, 0.25) is 0 Å². The van der Waals surface area contributed by atoms with Crippen molar-refractivity contribution in [3.05, 3.63) is 64.7 Å². The number of halogens is 1. The van der Waals surface area contributed by atoms with E-state index in [4.69, 9.17) is 11.6 Å². The molecule has 0 aliphatic heterocycles. The molecule has 2 N–H and O–H groups in total. The first kappa shape index (κ1) is 16.1. The van der Waals surface area contributed by atoms with Crippen molar-refractivity contribution in [2.45, 2.75) is 19.5 Å². The Balaban J connectivity index is 2.16. The quantitative estimate of drug-likeness (QED) is 0.832. The molecule has 21 heavy (non-hydrogen) atoms. The van der Waals surface area contributed by atoms with Gasteiger partial charge < -0.3 is 10.0 Å². The van der Waals surface area contributed by atoms with E-state index >= 15 is 0 Å². The molecule has 0 saturated heterocycles. The summed E-state index contributed by atoms with van der Waals surface area (Å²) >= 11 is 6.04. The summed E-state index contributed by atoms with van der Waals surface area (Å²) in [6, 6.07) is 15.3. The van der Waals surface area contributed by atoms with Crippen molar-refractivity contribution in [1.29, 1.82) is 0 Å². The van der Waals surface area contributed by atoms with Gasteiger partial charge in [0, 0.05) is 17.6 Å². The van der Waals surface area contributed by atoms with Crippen LogP contribution in [0.1, 0.15) is 24.1 Å². The zero-order valence-electron chi connectivity index (χ0n) is 12.2. The lowest BCUT2D eigenvalue weighted by atomic mass is 9.77. The van der Waals surface area contributed by atoms with E-state index in [9.17, 15) is 10.0 Å². The fraction of sp³-hybridized carbons (Fsp3) is 0.250. The average molecular weight is 304 g/mol. The van der Waals surface area contributed by atoms with Gasteiger partial charge in [-0.2, -0.15) is 0 Å². The van der Waals surface area contributed by atoms with Crippen LogP contribution in [0.15, 0.2) is 48.5 Å². The van der Waals surface area contributed by atoms with Gasteiger partial charge in [0.1, 0.15) is 0 Å². The zero-order valence-corrected chi connectivity index (χ0v) is 13.0. The molecule has 0 aliphatic carbocycles. The second kappa shape index (κ2) is 7.10. The van der Waals surface area contributed by atoms with E-state index in [1.807, 2.05) is 43.4 Å². The van der Waals surface area contributed by atoms with E-state index in [-0.39, 0.29) is 6.04 Å². The van der Waals surface area contributed by atoms with Gasteiger partial charge in [-0.15, -0.1) is 0 Å². The molecule has 0 spiro atoms. The van der Waals surface area contributed by atoms with Crippen molar-refractivity contribution in [3.8, 4) is 0 Å². The smallest absolute Gasteiger partial charge is 0.423 e. The summed E-state index contributed by atoms with van der Waals surface area (Å²) in [5, 5.41) is 19.6. The molecule has 0 fully saturated rings. The molecule has 2 aromatic rings. The molecule has 3 nitrogen and oxygen atoms in total. The molecule has 0 amide bonds. The Morgan fingerprint density at radius 1 is 1.14 bits per heavy atom. The van der Waals surface area contributed by atoms with Crippen LogP contribution in [0.3, 0.4) is 0 Å². The molecule has 1 unspecified atom stereocenters. The predicted molar refractivity (Wildman–Crippen MR) is 87.6 cm³/mol. The van der Waals surface area contributed by atoms with Crippen LogP contribution in [0.5, 0.6) is 0 Å². The van der Waals surface area contributed by atoms with Crippen LogP contribution in [-0.4, -0.2) is 29.1 Å². The fourth-order valence-electron chi connectivity index (χ4n) is 2.36. The molecule has 0 heterocycles. The molecular weight excluding hydrogens is 284 g/mol. The van der Waals surface area contributed by atoms with Crippen molar-refractivity contribution < 1.29 is 10.0 Å². The van der Waals surface area contributed by atoms with Gasteiger partial charge in [0.15, 0.2) is 0 Å². The van der Waals surface area contributed by atoms with E-state index in [0.29, 0.717) is 12.0 Å². The van der Waals surface area contributed by atoms with E-state index in [1.54, 1.807) is 12.1 Å². The molecule has 0 radical (unpaired) electrons. The molecule has 1 atom stereocenters. The summed E-state index contributed by atoms with van der Waals surface area (Å²) in [7, 11) is 0.558. The number of rotatable bonds is 5. The maximum Gasteiger partial charge on any atom is 0.488 e. The van der Waals surface area contributed by atoms with Crippen LogP contribution in [0, 0.1) is 0 Å². The third-order valence-corrected chi connectivity index (χ3v) is 3.98. The fourth-order valence-corrected chi connectivity index (χ4v) is 2.56. The third-order valence-electron chi connectivity index (χ3n) is 3.75. The Labute approximate surface area is 130 Å². The van der Waals surface area contributed by atoms with Crippen LogP contribution in [0.4, 0.5) is 0 Å². The van der Waals surface area contributed by atoms with Crippen LogP contribution in [-0.2, 0) is 6.54 Å². The predicted octanol–water partition coefficient (Wildman–Crippen LogP) is 2.21. The van der Waals surface area contributed by atoms with Crippen molar-refractivity contribution in [2.75, 3.05) is 7.05 Å². The first-order valence-electron chi connectivity index (χ1n) is 6.88. The Morgan fingerprint density at radius 3 is 2.52 bits per heavy atom. The Morgan fingerprint density at radius 2 is 1.86 bits per heavy atom. The first-order valence-corrected chi connectivity index (χ1v) is 7.26. The zero-order chi connectivity index (χ0) is 15.4. The summed E-state index contributed by atoms with van der Waals surface area (Å²) in [4.78, 5) is 2.15. The second-order valence-corrected chi connectivity index (χ2v) is 5.66. The van der Waals surface area contributed by atoms with Gasteiger partial charge in [0.25, 0.3) is 0 Å². The highest BCUT2D eigenvalue weighted by molar-refractivity contribution is 6.59. The number of benzene rings is 2. The van der Waals surface area contributed by atoms with Crippen molar-refractivity contribution >= 4 is 24.2 Å². The van der Waals surface area contributed by atoms with E-state index in [1.165, 1.54) is 0 Å². The largest absolute Gasteiger partial charge is 0.488 e. The Bertz CT molecular complexity index is 606. The first-order chi connectivity index (χ1) is 9.99. The lowest BCUT2D eigenvalue weighted by molar-refractivity contribution is 0.253. The third kappa shape index (κ3) is 4.08. The number of nitrogens with zero attached hydrogens (tertiary/aromatic N) is 1. The number of hydrogen-bond donors (Lipinski definition) is 2. The highest BCUT2D eigenvalue weighted by Crippen LogP contribution is 2.23. The number of hydrogen-bond acceptors (Lipinski definition) is 3. The summed E-state index contributed by atoms with van der Waals surface area (Å²) in [5.41, 5.74) is 2.58. The van der Waals surface area contributed by atoms with Crippen LogP contribution < -0.4 is 5.46 Å². The van der Waals surface area contributed by atoms with Gasteiger partial charge >= 0.3 is 7.12 Å². The van der Waals surface area contributed by atoms with Gasteiger partial charge in [-0.1, -0.05) is 48.0 Å². The van der Waals surface area contributed by atoms with E-state index < -0.39 is 7.12 Å². The SMILES string of the molecule is CC(c1cccc(Cl)c1)N(C)Cc1ccccc1B(O)O. The molecule has 0 bridgehead atoms. The minimum atomic E-state index is -1.45. The van der Waals surface area contributed by atoms with Gasteiger partial charge in [0.05, 0.1) is 0 Å². The lowest BCUT2D eigenvalue weighted by Crippen LogP contribution is -2.35. The van der Waals surface area contributed by atoms with E-state index in [0.717, 1.165) is 16.1 Å². The summed E-state index contributed by atoms with van der Waals surface area (Å²) in [6.07, 6.45) is 0. The monoisotopic (exact) mass is 303 g/mol. The maximum atomic E-state index is 9.43. The van der Waals surface area contributed by atoms with E-state index in [2.05, 4.69) is 11.8 Å². The summed E-state index contributed by atoms with van der Waals surface area (Å²) in [6.45, 7) is 2.73. The Hall–Kier alpha value is -1.33. The molecule has 2 aromatic carbocycles. The van der Waals surface area contributed by atoms with Crippen LogP contribution >= 0.6 is 11.6 Å². The molecular formula is C16H19BClNO2. The standard InChI is InChI=1S/C16H19BClNO2/c1-12(13-7-5-8-15(18)10-13)19(2)11-14-6-3-4-9-16(14)17(20)21/h3-10,12,20-21H,11H2,1-2H3. The Kier molecular flexibility index (Phi) is 5.42. The molecule has 2 rings (SSSR count). The topological polar surface area (TPSA) is 43.7 Å². The maximum absolute atomic E-state index is 9.43. The van der Waals surface area contributed by atoms with Crippen LogP contribution in [0.25, 0.3) is 0 Å². The van der Waals surface area contributed by atoms with Crippen molar-refractivity contribution in [2.24, 2.45) is 0 Å². The average Bonchev–Trinajstić information content (AvgIpc) is 2.46. The molecule has 0 aliphatic rings. The highest BCUT2D eigenvalue weighted by Gasteiger charge is 2.18. The molecule has 5 heteroatoms. The van der Waals surface area contributed by atoms with Gasteiger partial charge in [-0.05, 0) is 42.7 Å². The summed E-state index contributed by atoms with van der Waals surface area (Å²) in [5.74, 6) is 0. The van der Waals surface area contributed by atoms with Gasteiger partial charge in [-0.3, -0.25) is 4.90 Å². The minimum absolute atomic E-state index is 0.174. The van der Waals surface area contributed by atoms with Gasteiger partial charge in [-0.25, -0.2) is 0 Å². The molecule has 0 aromatic heterocycles. The second-order valence-electron chi connectivity index (χ2n) is 5.22. The van der Waals surface area contributed by atoms with Crippen molar-refractivity contribution in [1.82, 2.24) is 4.90 Å². The highest BCUT2D eigenvalue weighted by atomic mass is 35.5. The molecule has 0 saturated carbocycles. The summed E-state index contributed by atoms with van der Waals surface area (Å²) < 4.78 is 0. The lowest BCUT2D eigenvalue weighted by Gasteiger charge is -2.26. The van der Waals surface area contributed by atoms with Crippen molar-refractivity contribution in [3.63, 3.8) is 0 Å². The molecule has 110 valence electrons.